The van der Waals surface area contributed by atoms with Gasteiger partial charge in [0.05, 0.1) is 25.4 Å². The summed E-state index contributed by atoms with van der Waals surface area (Å²) in [7, 11) is 0. The predicted octanol–water partition coefficient (Wildman–Crippen LogP) is 7.83. The summed E-state index contributed by atoms with van der Waals surface area (Å²) in [6, 6.07) is 51.0. The summed E-state index contributed by atoms with van der Waals surface area (Å²) in [5, 5.41) is 21.7. The van der Waals surface area contributed by atoms with Crippen LogP contribution in [0, 0.1) is 0 Å². The van der Waals surface area contributed by atoms with Crippen LogP contribution in [0.1, 0.15) is 38.2 Å². The molecule has 0 aromatic heterocycles. The largest absolute Gasteiger partial charge is 0.485 e. The lowest BCUT2D eigenvalue weighted by Crippen LogP contribution is -2.61. The summed E-state index contributed by atoms with van der Waals surface area (Å²) in [6.45, 7) is 0.232. The highest BCUT2D eigenvalue weighted by Gasteiger charge is 2.48. The number of carbonyl (C=O) groups is 1. The molecule has 1 aliphatic rings. The molecule has 10 heteroatoms. The van der Waals surface area contributed by atoms with Crippen LogP contribution in [0.5, 0.6) is 17.2 Å². The van der Waals surface area contributed by atoms with Gasteiger partial charge in [-0.25, -0.2) is 4.79 Å². The molecular formula is C48H46O10. The number of ether oxygens (including phenoxy) is 7. The maximum absolute atomic E-state index is 14.4. The van der Waals surface area contributed by atoms with E-state index in [2.05, 4.69) is 0 Å². The molecular weight excluding hydrogens is 737 g/mol. The maximum atomic E-state index is 14.4. The quantitative estimate of drug-likeness (QED) is 0.0835. The minimum absolute atomic E-state index is 0.0806. The Hall–Kier alpha value is -6.01. The normalized spacial score (nSPS) is 18.9. The summed E-state index contributed by atoms with van der Waals surface area (Å²) < 4.78 is 44.0. The van der Waals surface area contributed by atoms with Crippen molar-refractivity contribution in [2.45, 2.75) is 63.7 Å². The fourth-order valence-electron chi connectivity index (χ4n) is 6.46. The second-order valence-corrected chi connectivity index (χ2v) is 13.8. The predicted molar refractivity (Wildman–Crippen MR) is 216 cm³/mol. The first kappa shape index (κ1) is 40.2. The summed E-state index contributed by atoms with van der Waals surface area (Å²) >= 11 is 0. The summed E-state index contributed by atoms with van der Waals surface area (Å²) in [6.07, 6.45) is -5.98. The highest BCUT2D eigenvalue weighted by molar-refractivity contribution is 5.91. The van der Waals surface area contributed by atoms with Crippen molar-refractivity contribution in [2.75, 3.05) is 6.61 Å². The molecule has 0 unspecified atom stereocenters. The number of esters is 1. The number of hydrogen-bond donors (Lipinski definition) is 2. The second kappa shape index (κ2) is 20.4. The van der Waals surface area contributed by atoms with E-state index in [1.165, 1.54) is 0 Å². The van der Waals surface area contributed by atoms with Crippen molar-refractivity contribution in [3.8, 4) is 17.2 Å². The van der Waals surface area contributed by atoms with Crippen LogP contribution in [-0.2, 0) is 52.0 Å². The van der Waals surface area contributed by atoms with Crippen LogP contribution in [-0.4, -0.2) is 53.5 Å². The minimum atomic E-state index is -1.39. The molecule has 2 N–H and O–H groups in total. The fraction of sp³-hybridized carbons (Fsp3) is 0.229. The molecule has 7 rings (SSSR count). The van der Waals surface area contributed by atoms with E-state index in [4.69, 9.17) is 33.2 Å². The molecule has 1 aliphatic heterocycles. The average Bonchev–Trinajstić information content (AvgIpc) is 3.28. The number of hydrogen-bond acceptors (Lipinski definition) is 10. The van der Waals surface area contributed by atoms with E-state index in [1.807, 2.05) is 152 Å². The first-order chi connectivity index (χ1) is 28.5. The Morgan fingerprint density at radius 2 is 0.897 bits per heavy atom. The van der Waals surface area contributed by atoms with E-state index in [9.17, 15) is 15.0 Å². The molecule has 6 aromatic rings. The molecule has 0 aliphatic carbocycles. The van der Waals surface area contributed by atoms with Crippen molar-refractivity contribution in [3.05, 3.63) is 197 Å². The van der Waals surface area contributed by atoms with Crippen LogP contribution < -0.4 is 14.2 Å². The SMILES string of the molecule is O=C(O[C@H]1O[C@H](CO)[C@@H](O)[C@H](OCc2ccccc2)[C@@H]1OCc1ccccc1)c1cc(OCc2ccccc2)c(OCc2ccccc2)c(OCc2ccccc2)c1. The lowest BCUT2D eigenvalue weighted by Gasteiger charge is -2.43. The van der Waals surface area contributed by atoms with Gasteiger partial charge in [0.2, 0.25) is 12.0 Å². The van der Waals surface area contributed by atoms with Crippen molar-refractivity contribution >= 4 is 5.97 Å². The lowest BCUT2D eigenvalue weighted by atomic mass is 9.98. The topological polar surface area (TPSA) is 122 Å². The van der Waals surface area contributed by atoms with Gasteiger partial charge in [0.15, 0.2) is 11.5 Å². The Morgan fingerprint density at radius 1 is 0.517 bits per heavy atom. The third-order valence-electron chi connectivity index (χ3n) is 9.55. The number of aliphatic hydroxyl groups excluding tert-OH is 2. The van der Waals surface area contributed by atoms with Crippen LogP contribution in [0.15, 0.2) is 164 Å². The molecule has 0 saturated carbocycles. The van der Waals surface area contributed by atoms with Gasteiger partial charge in [-0.05, 0) is 39.9 Å². The van der Waals surface area contributed by atoms with Crippen LogP contribution in [0.2, 0.25) is 0 Å². The molecule has 1 fully saturated rings. The molecule has 10 nitrogen and oxygen atoms in total. The maximum Gasteiger partial charge on any atom is 0.340 e. The molecule has 58 heavy (non-hydrogen) atoms. The van der Waals surface area contributed by atoms with E-state index in [-0.39, 0.29) is 50.1 Å². The number of aliphatic hydroxyl groups is 2. The number of carbonyl (C=O) groups excluding carboxylic acids is 1. The Labute approximate surface area is 338 Å². The number of rotatable bonds is 18. The zero-order valence-electron chi connectivity index (χ0n) is 31.9. The Kier molecular flexibility index (Phi) is 14.2. The van der Waals surface area contributed by atoms with Gasteiger partial charge in [0.25, 0.3) is 0 Å². The van der Waals surface area contributed by atoms with Crippen LogP contribution in [0.4, 0.5) is 0 Å². The molecule has 298 valence electrons. The Bertz CT molecular complexity index is 2070. The average molecular weight is 783 g/mol. The highest BCUT2D eigenvalue weighted by Crippen LogP contribution is 2.41. The summed E-state index contributed by atoms with van der Waals surface area (Å²) in [5.41, 5.74) is 4.52. The van der Waals surface area contributed by atoms with Gasteiger partial charge in [-0.1, -0.05) is 152 Å². The molecule has 1 heterocycles. The van der Waals surface area contributed by atoms with Gasteiger partial charge < -0.3 is 43.4 Å². The molecule has 5 atom stereocenters. The van der Waals surface area contributed by atoms with E-state index in [0.29, 0.717) is 5.75 Å². The minimum Gasteiger partial charge on any atom is -0.485 e. The van der Waals surface area contributed by atoms with Gasteiger partial charge >= 0.3 is 5.97 Å². The van der Waals surface area contributed by atoms with Gasteiger partial charge in [0, 0.05) is 0 Å². The van der Waals surface area contributed by atoms with Crippen molar-refractivity contribution in [1.29, 1.82) is 0 Å². The first-order valence-electron chi connectivity index (χ1n) is 19.2. The molecule has 6 aromatic carbocycles. The zero-order chi connectivity index (χ0) is 39.9. The second-order valence-electron chi connectivity index (χ2n) is 13.8. The summed E-state index contributed by atoms with van der Waals surface area (Å²) in [5.74, 6) is 0.0259. The van der Waals surface area contributed by atoms with E-state index >= 15 is 0 Å². The fourth-order valence-corrected chi connectivity index (χ4v) is 6.46. The first-order valence-corrected chi connectivity index (χ1v) is 19.2. The molecule has 0 spiro atoms. The van der Waals surface area contributed by atoms with Crippen LogP contribution >= 0.6 is 0 Å². The van der Waals surface area contributed by atoms with E-state index in [0.717, 1.165) is 27.8 Å². The highest BCUT2D eigenvalue weighted by atomic mass is 16.7. The smallest absolute Gasteiger partial charge is 0.340 e. The Balaban J connectivity index is 1.21. The summed E-state index contributed by atoms with van der Waals surface area (Å²) in [4.78, 5) is 14.4. The molecule has 0 amide bonds. The standard InChI is InChI=1S/C48H46O10/c49-28-42-43(50)45(55-32-37-22-12-4-13-23-37)46(56-33-38-24-14-5-15-25-38)48(57-42)58-47(51)39-26-40(52-29-34-16-6-1-7-17-34)44(54-31-36-20-10-3-11-21-36)41(27-39)53-30-35-18-8-2-9-19-35/h1-27,42-43,45-46,48-50H,28-33H2/t42-,43-,45+,46+,48-/m1/s1. The third-order valence-corrected chi connectivity index (χ3v) is 9.55. The van der Waals surface area contributed by atoms with Crippen LogP contribution in [0.25, 0.3) is 0 Å². The van der Waals surface area contributed by atoms with Gasteiger partial charge in [-0.15, -0.1) is 0 Å². The molecule has 1 saturated heterocycles. The van der Waals surface area contributed by atoms with Crippen molar-refractivity contribution in [3.63, 3.8) is 0 Å². The third kappa shape index (κ3) is 10.9. The van der Waals surface area contributed by atoms with Crippen molar-refractivity contribution in [1.82, 2.24) is 0 Å². The molecule has 0 bridgehead atoms. The van der Waals surface area contributed by atoms with Gasteiger partial charge in [-0.2, -0.15) is 0 Å². The van der Waals surface area contributed by atoms with Gasteiger partial charge in [0.1, 0.15) is 44.2 Å². The van der Waals surface area contributed by atoms with Crippen molar-refractivity contribution < 1.29 is 48.2 Å². The number of benzene rings is 6. The van der Waals surface area contributed by atoms with E-state index in [1.54, 1.807) is 12.1 Å². The van der Waals surface area contributed by atoms with E-state index < -0.39 is 43.3 Å². The monoisotopic (exact) mass is 782 g/mol. The zero-order valence-corrected chi connectivity index (χ0v) is 31.9. The lowest BCUT2D eigenvalue weighted by molar-refractivity contribution is -0.305. The van der Waals surface area contributed by atoms with Crippen molar-refractivity contribution in [2.24, 2.45) is 0 Å². The van der Waals surface area contributed by atoms with Gasteiger partial charge in [-0.3, -0.25) is 0 Å². The molecule has 0 radical (unpaired) electrons. The Morgan fingerprint density at radius 3 is 1.31 bits per heavy atom. The van der Waals surface area contributed by atoms with Crippen LogP contribution in [0.3, 0.4) is 0 Å².